The SMILES string of the molecule is O=C(CCN1CCCCC1CO)c1ccncc1. The van der Waals surface area contributed by atoms with Crippen molar-refractivity contribution in [3.63, 3.8) is 0 Å². The molecule has 1 atom stereocenters. The lowest BCUT2D eigenvalue weighted by Gasteiger charge is -2.34. The zero-order valence-corrected chi connectivity index (χ0v) is 10.6. The van der Waals surface area contributed by atoms with Gasteiger partial charge in [-0.05, 0) is 31.5 Å². The fourth-order valence-corrected chi connectivity index (χ4v) is 2.49. The van der Waals surface area contributed by atoms with Gasteiger partial charge in [0.1, 0.15) is 0 Å². The summed E-state index contributed by atoms with van der Waals surface area (Å²) in [6.45, 7) is 1.94. The lowest BCUT2D eigenvalue weighted by atomic mass is 10.0. The van der Waals surface area contributed by atoms with Gasteiger partial charge in [0.15, 0.2) is 5.78 Å². The first-order valence-electron chi connectivity index (χ1n) is 6.59. The van der Waals surface area contributed by atoms with E-state index in [1.54, 1.807) is 24.5 Å². The van der Waals surface area contributed by atoms with E-state index in [9.17, 15) is 9.90 Å². The van der Waals surface area contributed by atoms with Gasteiger partial charge in [0.05, 0.1) is 6.61 Å². The van der Waals surface area contributed by atoms with E-state index in [-0.39, 0.29) is 18.4 Å². The minimum absolute atomic E-state index is 0.152. The number of aromatic nitrogens is 1. The number of nitrogens with zero attached hydrogens (tertiary/aromatic N) is 2. The highest BCUT2D eigenvalue weighted by Crippen LogP contribution is 2.17. The van der Waals surface area contributed by atoms with Crippen LogP contribution in [0.25, 0.3) is 0 Å². The van der Waals surface area contributed by atoms with Crippen molar-refractivity contribution in [3.05, 3.63) is 30.1 Å². The number of rotatable bonds is 5. The number of hydrogen-bond acceptors (Lipinski definition) is 4. The van der Waals surface area contributed by atoms with Crippen LogP contribution in [0.3, 0.4) is 0 Å². The van der Waals surface area contributed by atoms with Crippen molar-refractivity contribution in [1.29, 1.82) is 0 Å². The second-order valence-electron chi connectivity index (χ2n) is 4.78. The number of aliphatic hydroxyl groups excluding tert-OH is 1. The van der Waals surface area contributed by atoms with Gasteiger partial charge in [0, 0.05) is 37.0 Å². The van der Waals surface area contributed by atoms with Crippen LogP contribution in [0, 0.1) is 0 Å². The number of piperidine rings is 1. The summed E-state index contributed by atoms with van der Waals surface area (Å²) in [5.41, 5.74) is 0.725. The molecule has 1 unspecified atom stereocenters. The van der Waals surface area contributed by atoms with Gasteiger partial charge in [0.2, 0.25) is 0 Å². The molecule has 0 amide bonds. The van der Waals surface area contributed by atoms with Crippen LogP contribution in [0.15, 0.2) is 24.5 Å². The van der Waals surface area contributed by atoms with E-state index >= 15 is 0 Å². The molecule has 1 aliphatic heterocycles. The Labute approximate surface area is 108 Å². The first kappa shape index (κ1) is 13.2. The van der Waals surface area contributed by atoms with E-state index in [1.807, 2.05) is 0 Å². The maximum Gasteiger partial charge on any atom is 0.164 e. The Morgan fingerprint density at radius 1 is 1.39 bits per heavy atom. The van der Waals surface area contributed by atoms with Gasteiger partial charge in [-0.1, -0.05) is 6.42 Å². The molecule has 1 saturated heterocycles. The molecule has 18 heavy (non-hydrogen) atoms. The van der Waals surface area contributed by atoms with Crippen molar-refractivity contribution < 1.29 is 9.90 Å². The van der Waals surface area contributed by atoms with Crippen molar-refractivity contribution in [2.45, 2.75) is 31.7 Å². The highest BCUT2D eigenvalue weighted by Gasteiger charge is 2.21. The first-order chi connectivity index (χ1) is 8.81. The lowest BCUT2D eigenvalue weighted by Crippen LogP contribution is -2.42. The number of Topliss-reactive ketones (excluding diaryl/α,β-unsaturated/α-hetero) is 1. The summed E-state index contributed by atoms with van der Waals surface area (Å²) in [5, 5.41) is 9.31. The lowest BCUT2D eigenvalue weighted by molar-refractivity contribution is 0.0793. The molecule has 1 aromatic rings. The molecule has 1 aromatic heterocycles. The van der Waals surface area contributed by atoms with Crippen molar-refractivity contribution >= 4 is 5.78 Å². The predicted molar refractivity (Wildman–Crippen MR) is 69.5 cm³/mol. The van der Waals surface area contributed by atoms with Crippen LogP contribution < -0.4 is 0 Å². The Hall–Kier alpha value is -1.26. The third-order valence-electron chi connectivity index (χ3n) is 3.59. The van der Waals surface area contributed by atoms with Crippen LogP contribution in [0.4, 0.5) is 0 Å². The van der Waals surface area contributed by atoms with Crippen LogP contribution in [0.5, 0.6) is 0 Å². The van der Waals surface area contributed by atoms with Crippen LogP contribution in [-0.2, 0) is 0 Å². The zero-order chi connectivity index (χ0) is 12.8. The third-order valence-corrected chi connectivity index (χ3v) is 3.59. The first-order valence-corrected chi connectivity index (χ1v) is 6.59. The Balaban J connectivity index is 1.85. The van der Waals surface area contributed by atoms with Gasteiger partial charge in [-0.2, -0.15) is 0 Å². The van der Waals surface area contributed by atoms with Crippen molar-refractivity contribution in [3.8, 4) is 0 Å². The summed E-state index contributed by atoms with van der Waals surface area (Å²) >= 11 is 0. The smallest absolute Gasteiger partial charge is 0.164 e. The summed E-state index contributed by atoms with van der Waals surface area (Å²) in [6.07, 6.45) is 7.19. The quantitative estimate of drug-likeness (QED) is 0.802. The molecule has 1 N–H and O–H groups in total. The van der Waals surface area contributed by atoms with Gasteiger partial charge in [0.25, 0.3) is 0 Å². The molecular weight excluding hydrogens is 228 g/mol. The van der Waals surface area contributed by atoms with Crippen molar-refractivity contribution in [2.75, 3.05) is 19.7 Å². The summed E-state index contributed by atoms with van der Waals surface area (Å²) in [5.74, 6) is 0.152. The minimum atomic E-state index is 0.152. The standard InChI is InChI=1S/C14H20N2O2/c17-11-13-3-1-2-9-16(13)10-6-14(18)12-4-7-15-8-5-12/h4-5,7-8,13,17H,1-3,6,9-11H2. The molecule has 0 bridgehead atoms. The molecular formula is C14H20N2O2. The molecule has 4 heteroatoms. The van der Waals surface area contributed by atoms with E-state index in [4.69, 9.17) is 0 Å². The minimum Gasteiger partial charge on any atom is -0.395 e. The molecule has 0 saturated carbocycles. The molecule has 1 aliphatic rings. The maximum atomic E-state index is 12.0. The van der Waals surface area contributed by atoms with Gasteiger partial charge in [-0.3, -0.25) is 14.7 Å². The van der Waals surface area contributed by atoms with E-state index in [0.29, 0.717) is 6.42 Å². The fourth-order valence-electron chi connectivity index (χ4n) is 2.49. The van der Waals surface area contributed by atoms with Crippen LogP contribution in [0.2, 0.25) is 0 Å². The largest absolute Gasteiger partial charge is 0.395 e. The topological polar surface area (TPSA) is 53.4 Å². The number of ketones is 1. The van der Waals surface area contributed by atoms with Gasteiger partial charge < -0.3 is 5.11 Å². The number of hydrogen-bond donors (Lipinski definition) is 1. The molecule has 0 radical (unpaired) electrons. The molecule has 98 valence electrons. The summed E-state index contributed by atoms with van der Waals surface area (Å²) in [6, 6.07) is 3.74. The molecule has 4 nitrogen and oxygen atoms in total. The normalized spacial score (nSPS) is 20.8. The number of carbonyl (C=O) groups is 1. The number of carbonyl (C=O) groups excluding carboxylic acids is 1. The van der Waals surface area contributed by atoms with Crippen LogP contribution in [-0.4, -0.2) is 46.5 Å². The van der Waals surface area contributed by atoms with Gasteiger partial charge >= 0.3 is 0 Å². The van der Waals surface area contributed by atoms with E-state index in [0.717, 1.165) is 25.1 Å². The summed E-state index contributed by atoms with van der Waals surface area (Å²) in [7, 11) is 0. The number of likely N-dealkylation sites (tertiary alicyclic amines) is 1. The molecule has 0 aromatic carbocycles. The average molecular weight is 248 g/mol. The molecule has 0 aliphatic carbocycles. The Bertz CT molecular complexity index is 381. The highest BCUT2D eigenvalue weighted by atomic mass is 16.3. The predicted octanol–water partition coefficient (Wildman–Crippen LogP) is 1.50. The van der Waals surface area contributed by atoms with Crippen LogP contribution in [0.1, 0.15) is 36.0 Å². The van der Waals surface area contributed by atoms with Crippen LogP contribution >= 0.6 is 0 Å². The fraction of sp³-hybridized carbons (Fsp3) is 0.571. The zero-order valence-electron chi connectivity index (χ0n) is 10.6. The van der Waals surface area contributed by atoms with Gasteiger partial charge in [-0.25, -0.2) is 0 Å². The second-order valence-corrected chi connectivity index (χ2v) is 4.78. The average Bonchev–Trinajstić information content (AvgIpc) is 2.46. The van der Waals surface area contributed by atoms with Crippen molar-refractivity contribution in [2.24, 2.45) is 0 Å². The second kappa shape index (κ2) is 6.61. The Kier molecular flexibility index (Phi) is 4.84. The summed E-state index contributed by atoms with van der Waals surface area (Å²) < 4.78 is 0. The molecule has 2 heterocycles. The Morgan fingerprint density at radius 3 is 2.89 bits per heavy atom. The monoisotopic (exact) mass is 248 g/mol. The van der Waals surface area contributed by atoms with E-state index in [1.165, 1.54) is 12.8 Å². The molecule has 2 rings (SSSR count). The number of pyridine rings is 1. The van der Waals surface area contributed by atoms with Gasteiger partial charge in [-0.15, -0.1) is 0 Å². The van der Waals surface area contributed by atoms with E-state index < -0.39 is 0 Å². The number of aliphatic hydroxyl groups is 1. The maximum absolute atomic E-state index is 12.0. The third kappa shape index (κ3) is 3.37. The Morgan fingerprint density at radius 2 is 2.17 bits per heavy atom. The molecule has 1 fully saturated rings. The summed E-state index contributed by atoms with van der Waals surface area (Å²) in [4.78, 5) is 18.1. The highest BCUT2D eigenvalue weighted by molar-refractivity contribution is 5.95. The van der Waals surface area contributed by atoms with Crippen molar-refractivity contribution in [1.82, 2.24) is 9.88 Å². The van der Waals surface area contributed by atoms with E-state index in [2.05, 4.69) is 9.88 Å². The molecule has 0 spiro atoms.